The molecular formula is C9H21BrN2O2S. The third-order valence-corrected chi connectivity index (χ3v) is 5.73. The summed E-state index contributed by atoms with van der Waals surface area (Å²) in [5.74, 6) is 0. The molecule has 0 radical (unpaired) electrons. The Kier molecular flexibility index (Phi) is 5.74. The van der Waals surface area contributed by atoms with Gasteiger partial charge in [0.2, 0.25) is 0 Å². The molecule has 6 heteroatoms. The molecule has 0 aliphatic carbocycles. The summed E-state index contributed by atoms with van der Waals surface area (Å²) in [7, 11) is -1.81. The van der Waals surface area contributed by atoms with Crippen molar-refractivity contribution in [1.82, 2.24) is 9.03 Å². The van der Waals surface area contributed by atoms with E-state index >= 15 is 0 Å². The molecule has 0 saturated heterocycles. The molecule has 92 valence electrons. The zero-order chi connectivity index (χ0) is 12.3. The smallest absolute Gasteiger partial charge is 0.195 e. The molecule has 1 unspecified atom stereocenters. The Labute approximate surface area is 102 Å². The van der Waals surface area contributed by atoms with E-state index in [0.717, 1.165) is 6.42 Å². The number of halogens is 1. The minimum Gasteiger partial charge on any atom is -0.195 e. The predicted molar refractivity (Wildman–Crippen MR) is 67.4 cm³/mol. The average Bonchev–Trinajstić information content (AvgIpc) is 2.15. The van der Waals surface area contributed by atoms with Crippen LogP contribution in [0.4, 0.5) is 0 Å². The maximum atomic E-state index is 11.9. The first-order valence-corrected chi connectivity index (χ1v) is 7.57. The Balaban J connectivity index is 4.79. The molecule has 0 aliphatic heterocycles. The predicted octanol–water partition coefficient (Wildman–Crippen LogP) is 1.72. The van der Waals surface area contributed by atoms with E-state index in [2.05, 4.69) is 20.7 Å². The fraction of sp³-hybridized carbons (Fsp3) is 1.00. The standard InChI is InChI=1S/C9H21BrN2O2S/c1-6-9(4,7-10)11-15(13,14)12(5)8(2)3/h8,11H,6-7H2,1-5H3. The molecule has 0 aromatic rings. The van der Waals surface area contributed by atoms with Crippen LogP contribution in [0.1, 0.15) is 34.1 Å². The summed E-state index contributed by atoms with van der Waals surface area (Å²) in [6.45, 7) is 7.53. The lowest BCUT2D eigenvalue weighted by molar-refractivity contribution is 0.374. The SMILES string of the molecule is CCC(C)(CBr)NS(=O)(=O)N(C)C(C)C. The maximum Gasteiger partial charge on any atom is 0.279 e. The van der Waals surface area contributed by atoms with Gasteiger partial charge in [-0.3, -0.25) is 0 Å². The highest BCUT2D eigenvalue weighted by atomic mass is 79.9. The molecule has 0 saturated carbocycles. The Morgan fingerprint density at radius 1 is 1.47 bits per heavy atom. The molecule has 0 bridgehead atoms. The molecule has 0 aromatic heterocycles. The van der Waals surface area contributed by atoms with Crippen molar-refractivity contribution in [2.45, 2.75) is 45.7 Å². The number of nitrogens with zero attached hydrogens (tertiary/aromatic N) is 1. The molecule has 0 spiro atoms. The molecule has 0 rings (SSSR count). The van der Waals surface area contributed by atoms with Gasteiger partial charge in [0.1, 0.15) is 0 Å². The molecule has 1 N–H and O–H groups in total. The fourth-order valence-corrected chi connectivity index (χ4v) is 3.12. The van der Waals surface area contributed by atoms with Gasteiger partial charge in [0, 0.05) is 24.0 Å². The summed E-state index contributed by atoms with van der Waals surface area (Å²) in [5.41, 5.74) is -0.429. The summed E-state index contributed by atoms with van der Waals surface area (Å²) in [6, 6.07) is -0.0427. The van der Waals surface area contributed by atoms with Crippen molar-refractivity contribution in [3.8, 4) is 0 Å². The van der Waals surface area contributed by atoms with Gasteiger partial charge in [0.05, 0.1) is 0 Å². The van der Waals surface area contributed by atoms with E-state index in [0.29, 0.717) is 5.33 Å². The van der Waals surface area contributed by atoms with Crippen LogP contribution < -0.4 is 4.72 Å². The minimum absolute atomic E-state index is 0.0427. The highest BCUT2D eigenvalue weighted by molar-refractivity contribution is 9.09. The third-order valence-electron chi connectivity index (χ3n) is 2.56. The van der Waals surface area contributed by atoms with Crippen molar-refractivity contribution < 1.29 is 8.42 Å². The fourth-order valence-electron chi connectivity index (χ4n) is 0.855. The van der Waals surface area contributed by atoms with Crippen molar-refractivity contribution >= 4 is 26.1 Å². The zero-order valence-electron chi connectivity index (χ0n) is 10.0. The third kappa shape index (κ3) is 4.38. The molecule has 0 aromatic carbocycles. The summed E-state index contributed by atoms with van der Waals surface area (Å²) in [6.07, 6.45) is 0.739. The van der Waals surface area contributed by atoms with E-state index in [1.807, 2.05) is 27.7 Å². The summed E-state index contributed by atoms with van der Waals surface area (Å²) >= 11 is 3.33. The molecule has 0 aliphatic rings. The largest absolute Gasteiger partial charge is 0.279 e. The molecule has 0 heterocycles. The topological polar surface area (TPSA) is 49.4 Å². The van der Waals surface area contributed by atoms with Gasteiger partial charge in [0.15, 0.2) is 0 Å². The number of hydrogen-bond acceptors (Lipinski definition) is 2. The Morgan fingerprint density at radius 2 is 1.93 bits per heavy atom. The summed E-state index contributed by atoms with van der Waals surface area (Å²) in [4.78, 5) is 0. The first-order chi connectivity index (χ1) is 6.68. The Morgan fingerprint density at radius 3 is 2.20 bits per heavy atom. The monoisotopic (exact) mass is 300 g/mol. The van der Waals surface area contributed by atoms with Gasteiger partial charge in [-0.25, -0.2) is 0 Å². The second-order valence-electron chi connectivity index (χ2n) is 4.26. The van der Waals surface area contributed by atoms with Crippen molar-refractivity contribution in [3.05, 3.63) is 0 Å². The second-order valence-corrected chi connectivity index (χ2v) is 6.56. The van der Waals surface area contributed by atoms with Crippen molar-refractivity contribution in [3.63, 3.8) is 0 Å². The normalized spacial score (nSPS) is 17.1. The lowest BCUT2D eigenvalue weighted by atomic mass is 10.0. The van der Waals surface area contributed by atoms with Crippen LogP contribution in [0.2, 0.25) is 0 Å². The van der Waals surface area contributed by atoms with Gasteiger partial charge in [-0.15, -0.1) is 0 Å². The molecule has 1 atom stereocenters. The van der Waals surface area contributed by atoms with Crippen LogP contribution in [0, 0.1) is 0 Å². The van der Waals surface area contributed by atoms with Crippen molar-refractivity contribution in [2.75, 3.05) is 12.4 Å². The first kappa shape index (κ1) is 15.3. The van der Waals surface area contributed by atoms with Crippen LogP contribution in [-0.4, -0.2) is 36.7 Å². The summed E-state index contributed by atoms with van der Waals surface area (Å²) in [5, 5.41) is 0.599. The average molecular weight is 301 g/mol. The zero-order valence-corrected chi connectivity index (χ0v) is 12.4. The van der Waals surface area contributed by atoms with E-state index in [4.69, 9.17) is 0 Å². The summed E-state index contributed by atoms with van der Waals surface area (Å²) < 4.78 is 27.8. The molecular weight excluding hydrogens is 280 g/mol. The highest BCUT2D eigenvalue weighted by Gasteiger charge is 2.30. The molecule has 0 fully saturated rings. The van der Waals surface area contributed by atoms with Crippen LogP contribution in [0.5, 0.6) is 0 Å². The van der Waals surface area contributed by atoms with Crippen LogP contribution in [-0.2, 0) is 10.2 Å². The number of nitrogens with one attached hydrogen (secondary N) is 1. The van der Waals surface area contributed by atoms with Gasteiger partial charge >= 0.3 is 0 Å². The van der Waals surface area contributed by atoms with Crippen LogP contribution >= 0.6 is 15.9 Å². The van der Waals surface area contributed by atoms with Crippen molar-refractivity contribution in [1.29, 1.82) is 0 Å². The second kappa shape index (κ2) is 5.61. The quantitative estimate of drug-likeness (QED) is 0.760. The minimum atomic E-state index is -3.39. The molecule has 0 amide bonds. The van der Waals surface area contributed by atoms with Crippen LogP contribution in [0.15, 0.2) is 0 Å². The van der Waals surface area contributed by atoms with Gasteiger partial charge in [0.25, 0.3) is 10.2 Å². The van der Waals surface area contributed by atoms with E-state index in [1.54, 1.807) is 7.05 Å². The van der Waals surface area contributed by atoms with E-state index in [9.17, 15) is 8.42 Å². The number of alkyl halides is 1. The van der Waals surface area contributed by atoms with E-state index in [-0.39, 0.29) is 6.04 Å². The number of hydrogen-bond donors (Lipinski definition) is 1. The van der Waals surface area contributed by atoms with E-state index < -0.39 is 15.7 Å². The number of rotatable bonds is 6. The van der Waals surface area contributed by atoms with Gasteiger partial charge in [-0.1, -0.05) is 22.9 Å². The van der Waals surface area contributed by atoms with Gasteiger partial charge < -0.3 is 0 Å². The first-order valence-electron chi connectivity index (χ1n) is 5.01. The van der Waals surface area contributed by atoms with Gasteiger partial charge in [-0.2, -0.15) is 17.4 Å². The Hall–Kier alpha value is 0.350. The maximum absolute atomic E-state index is 11.9. The molecule has 15 heavy (non-hydrogen) atoms. The lowest BCUT2D eigenvalue weighted by Gasteiger charge is -2.31. The van der Waals surface area contributed by atoms with E-state index in [1.165, 1.54) is 4.31 Å². The van der Waals surface area contributed by atoms with Crippen LogP contribution in [0.25, 0.3) is 0 Å². The van der Waals surface area contributed by atoms with Crippen LogP contribution in [0.3, 0.4) is 0 Å². The van der Waals surface area contributed by atoms with Crippen molar-refractivity contribution in [2.24, 2.45) is 0 Å². The highest BCUT2D eigenvalue weighted by Crippen LogP contribution is 2.15. The Bertz CT molecular complexity index is 286. The van der Waals surface area contributed by atoms with Gasteiger partial charge in [-0.05, 0) is 27.2 Å². The lowest BCUT2D eigenvalue weighted by Crippen LogP contribution is -2.53. The molecule has 4 nitrogen and oxygen atoms in total.